The number of benzene rings is 1. The van der Waals surface area contributed by atoms with Crippen molar-refractivity contribution in [3.8, 4) is 0 Å². The number of hydrogen-bond donors (Lipinski definition) is 2. The van der Waals surface area contributed by atoms with Crippen LogP contribution in [0.4, 0.5) is 8.78 Å². The van der Waals surface area contributed by atoms with E-state index >= 15 is 0 Å². The summed E-state index contributed by atoms with van der Waals surface area (Å²) in [4.78, 5) is 10.7. The molecule has 0 aliphatic carbocycles. The monoisotopic (exact) mass is 259 g/mol. The van der Waals surface area contributed by atoms with E-state index in [4.69, 9.17) is 5.11 Å². The van der Waals surface area contributed by atoms with E-state index in [0.29, 0.717) is 5.75 Å². The standard InChI is InChI=1S/C11H11F2NO2S/c12-9(13)6-1-3-7(4-2-6)10-14-8(5-17-10)11(15)16/h1-4,8-10,14H,5H2,(H,15,16)/t8-,10?/m1/s1. The van der Waals surface area contributed by atoms with Crippen molar-refractivity contribution in [1.29, 1.82) is 0 Å². The van der Waals surface area contributed by atoms with Crippen molar-refractivity contribution in [2.45, 2.75) is 17.8 Å². The Bertz CT molecular complexity index is 410. The number of carboxylic acids is 1. The van der Waals surface area contributed by atoms with Crippen LogP contribution in [0.2, 0.25) is 0 Å². The zero-order chi connectivity index (χ0) is 12.4. The van der Waals surface area contributed by atoms with Crippen LogP contribution < -0.4 is 5.32 Å². The molecule has 1 aromatic carbocycles. The molecule has 0 amide bonds. The molecule has 1 heterocycles. The van der Waals surface area contributed by atoms with Crippen LogP contribution in [0.15, 0.2) is 24.3 Å². The van der Waals surface area contributed by atoms with Crippen LogP contribution in [0.1, 0.15) is 22.9 Å². The van der Waals surface area contributed by atoms with Crippen LogP contribution in [0, 0.1) is 0 Å². The van der Waals surface area contributed by atoms with Crippen LogP contribution in [-0.2, 0) is 4.79 Å². The van der Waals surface area contributed by atoms with Gasteiger partial charge in [0.05, 0.1) is 5.37 Å². The van der Waals surface area contributed by atoms with Crippen molar-refractivity contribution >= 4 is 17.7 Å². The normalized spacial score (nSPS) is 24.2. The van der Waals surface area contributed by atoms with E-state index in [0.717, 1.165) is 5.56 Å². The number of carboxylic acid groups (broad SMARTS) is 1. The molecule has 0 saturated carbocycles. The maximum atomic E-state index is 12.3. The average Bonchev–Trinajstić information content (AvgIpc) is 2.78. The minimum atomic E-state index is -2.47. The number of nitrogens with one attached hydrogen (secondary N) is 1. The highest BCUT2D eigenvalue weighted by molar-refractivity contribution is 7.99. The first kappa shape index (κ1) is 12.3. The molecule has 1 saturated heterocycles. The quantitative estimate of drug-likeness (QED) is 0.875. The fourth-order valence-corrected chi connectivity index (χ4v) is 2.86. The Morgan fingerprint density at radius 1 is 1.41 bits per heavy atom. The van der Waals surface area contributed by atoms with Crippen molar-refractivity contribution in [2.75, 3.05) is 5.75 Å². The number of aliphatic carboxylic acids is 1. The zero-order valence-electron chi connectivity index (χ0n) is 8.77. The summed E-state index contributed by atoms with van der Waals surface area (Å²) in [6, 6.07) is 5.39. The van der Waals surface area contributed by atoms with E-state index in [9.17, 15) is 13.6 Å². The summed E-state index contributed by atoms with van der Waals surface area (Å²) < 4.78 is 24.7. The third-order valence-corrected chi connectivity index (χ3v) is 3.84. The van der Waals surface area contributed by atoms with Gasteiger partial charge in [-0.25, -0.2) is 8.78 Å². The Labute approximate surface area is 101 Å². The molecule has 0 bridgehead atoms. The molecule has 2 atom stereocenters. The van der Waals surface area contributed by atoms with Crippen LogP contribution in [0.3, 0.4) is 0 Å². The molecule has 0 aromatic heterocycles. The Balaban J connectivity index is 2.06. The van der Waals surface area contributed by atoms with Gasteiger partial charge in [0, 0.05) is 11.3 Å². The minimum Gasteiger partial charge on any atom is -0.480 e. The molecule has 2 N–H and O–H groups in total. The zero-order valence-corrected chi connectivity index (χ0v) is 9.58. The lowest BCUT2D eigenvalue weighted by molar-refractivity contribution is -0.138. The van der Waals surface area contributed by atoms with Crippen molar-refractivity contribution in [1.82, 2.24) is 5.32 Å². The molecule has 0 spiro atoms. The predicted molar refractivity (Wildman–Crippen MR) is 61.2 cm³/mol. The average molecular weight is 259 g/mol. The van der Waals surface area contributed by atoms with Gasteiger partial charge in [-0.1, -0.05) is 24.3 Å². The summed E-state index contributed by atoms with van der Waals surface area (Å²) >= 11 is 1.47. The molecule has 2 rings (SSSR count). The molecule has 1 aliphatic rings. The van der Waals surface area contributed by atoms with Gasteiger partial charge >= 0.3 is 5.97 Å². The van der Waals surface area contributed by atoms with Crippen molar-refractivity contribution < 1.29 is 18.7 Å². The first-order chi connectivity index (χ1) is 8.08. The van der Waals surface area contributed by atoms with E-state index in [1.807, 2.05) is 0 Å². The summed E-state index contributed by atoms with van der Waals surface area (Å²) in [6.45, 7) is 0. The lowest BCUT2D eigenvalue weighted by atomic mass is 10.1. The molecule has 1 aromatic rings. The van der Waals surface area contributed by atoms with Crippen LogP contribution in [-0.4, -0.2) is 22.9 Å². The van der Waals surface area contributed by atoms with Gasteiger partial charge < -0.3 is 5.11 Å². The van der Waals surface area contributed by atoms with E-state index in [1.54, 1.807) is 12.1 Å². The molecule has 3 nitrogen and oxygen atoms in total. The fraction of sp³-hybridized carbons (Fsp3) is 0.364. The number of alkyl halides is 2. The molecule has 17 heavy (non-hydrogen) atoms. The molecular formula is C11H11F2NO2S. The lowest BCUT2D eigenvalue weighted by Crippen LogP contribution is -2.33. The highest BCUT2D eigenvalue weighted by Crippen LogP contribution is 2.33. The van der Waals surface area contributed by atoms with Gasteiger partial charge in [0.25, 0.3) is 6.43 Å². The van der Waals surface area contributed by atoms with Gasteiger partial charge in [-0.2, -0.15) is 0 Å². The van der Waals surface area contributed by atoms with E-state index in [-0.39, 0.29) is 10.9 Å². The Kier molecular flexibility index (Phi) is 3.63. The van der Waals surface area contributed by atoms with Gasteiger partial charge in [-0.3, -0.25) is 10.1 Å². The predicted octanol–water partition coefficient (Wildman–Crippen LogP) is 2.41. The van der Waals surface area contributed by atoms with Crippen LogP contribution >= 0.6 is 11.8 Å². The van der Waals surface area contributed by atoms with Crippen molar-refractivity contribution in [2.24, 2.45) is 0 Å². The van der Waals surface area contributed by atoms with Gasteiger partial charge in [-0.05, 0) is 5.56 Å². The number of rotatable bonds is 3. The second-order valence-electron chi connectivity index (χ2n) is 3.74. The van der Waals surface area contributed by atoms with Gasteiger partial charge in [-0.15, -0.1) is 11.8 Å². The second-order valence-corrected chi connectivity index (χ2v) is 4.88. The molecule has 92 valence electrons. The second kappa shape index (κ2) is 5.01. The molecule has 1 aliphatic heterocycles. The third-order valence-electron chi connectivity index (χ3n) is 2.57. The van der Waals surface area contributed by atoms with Crippen LogP contribution in [0.5, 0.6) is 0 Å². The van der Waals surface area contributed by atoms with Crippen LogP contribution in [0.25, 0.3) is 0 Å². The molecule has 0 radical (unpaired) electrons. The Morgan fingerprint density at radius 2 is 2.06 bits per heavy atom. The topological polar surface area (TPSA) is 49.3 Å². The first-order valence-corrected chi connectivity index (χ1v) is 6.11. The summed E-state index contributed by atoms with van der Waals surface area (Å²) in [6.07, 6.45) is -2.47. The van der Waals surface area contributed by atoms with Gasteiger partial charge in [0.2, 0.25) is 0 Å². The number of carbonyl (C=O) groups is 1. The van der Waals surface area contributed by atoms with Crippen molar-refractivity contribution in [3.63, 3.8) is 0 Å². The number of hydrogen-bond acceptors (Lipinski definition) is 3. The molecule has 1 fully saturated rings. The maximum absolute atomic E-state index is 12.3. The van der Waals surface area contributed by atoms with E-state index in [1.165, 1.54) is 23.9 Å². The maximum Gasteiger partial charge on any atom is 0.321 e. The highest BCUT2D eigenvalue weighted by Gasteiger charge is 2.30. The number of halogens is 2. The summed E-state index contributed by atoms with van der Waals surface area (Å²) in [7, 11) is 0. The third kappa shape index (κ3) is 2.76. The minimum absolute atomic E-state index is 0.0217. The SMILES string of the molecule is O=C(O)[C@H]1CSC(c2ccc(C(F)F)cc2)N1. The first-order valence-electron chi connectivity index (χ1n) is 5.06. The fourth-order valence-electron chi connectivity index (χ4n) is 1.62. The highest BCUT2D eigenvalue weighted by atomic mass is 32.2. The van der Waals surface area contributed by atoms with E-state index < -0.39 is 18.4 Å². The smallest absolute Gasteiger partial charge is 0.321 e. The molecule has 6 heteroatoms. The van der Waals surface area contributed by atoms with Gasteiger partial charge in [0.15, 0.2) is 0 Å². The van der Waals surface area contributed by atoms with Crippen molar-refractivity contribution in [3.05, 3.63) is 35.4 Å². The van der Waals surface area contributed by atoms with Gasteiger partial charge in [0.1, 0.15) is 6.04 Å². The largest absolute Gasteiger partial charge is 0.480 e. The number of thioether (sulfide) groups is 1. The summed E-state index contributed by atoms with van der Waals surface area (Å²) in [5, 5.41) is 11.6. The Morgan fingerprint density at radius 3 is 2.53 bits per heavy atom. The van der Waals surface area contributed by atoms with E-state index in [2.05, 4.69) is 5.32 Å². The molecule has 1 unspecified atom stereocenters. The Hall–Kier alpha value is -1.14. The summed E-state index contributed by atoms with van der Waals surface area (Å²) in [5.41, 5.74) is 0.801. The summed E-state index contributed by atoms with van der Waals surface area (Å²) in [5.74, 6) is -0.402. The molecular weight excluding hydrogens is 248 g/mol. The lowest BCUT2D eigenvalue weighted by Gasteiger charge is -2.11.